The lowest BCUT2D eigenvalue weighted by atomic mass is 10.5. The summed E-state index contributed by atoms with van der Waals surface area (Å²) in [5.74, 6) is 0.177. The summed E-state index contributed by atoms with van der Waals surface area (Å²) in [6, 6.07) is 0. The molecule has 0 bridgehead atoms. The van der Waals surface area contributed by atoms with Gasteiger partial charge in [0.05, 0.1) is 9.52 Å². The highest BCUT2D eigenvalue weighted by atomic mass is 28.4. The molecule has 0 aromatic rings. The summed E-state index contributed by atoms with van der Waals surface area (Å²) in [4.78, 5) is 0. The van der Waals surface area contributed by atoms with Crippen LogP contribution in [0.2, 0.25) is 25.3 Å². The van der Waals surface area contributed by atoms with Crippen LogP contribution >= 0.6 is 0 Å². The van der Waals surface area contributed by atoms with Crippen LogP contribution in [0, 0.1) is 0 Å². The average molecular weight is 249 g/mol. The number of hydrogen-bond acceptors (Lipinski definition) is 2. The van der Waals surface area contributed by atoms with Gasteiger partial charge < -0.3 is 9.47 Å². The lowest BCUT2D eigenvalue weighted by molar-refractivity contribution is -0.0902. The molecule has 0 aromatic carbocycles. The first-order valence-electron chi connectivity index (χ1n) is 6.22. The van der Waals surface area contributed by atoms with Crippen LogP contribution in [-0.2, 0) is 9.47 Å². The van der Waals surface area contributed by atoms with E-state index < -0.39 is 8.07 Å². The van der Waals surface area contributed by atoms with E-state index in [0.717, 1.165) is 26.1 Å². The number of hydrogen-bond donors (Lipinski definition) is 0. The van der Waals surface area contributed by atoms with Gasteiger partial charge in [-0.2, -0.15) is 0 Å². The fourth-order valence-corrected chi connectivity index (χ4v) is 6.34. The standard InChI is InChI=1S/C11H28O2Si2/c1-6-8-12-11(13-9-7-2)14-10-15(3,4)5/h11H,6-10,14H2,1-5H3. The Morgan fingerprint density at radius 2 is 1.47 bits per heavy atom. The van der Waals surface area contributed by atoms with Crippen LogP contribution in [0.1, 0.15) is 26.7 Å². The quantitative estimate of drug-likeness (QED) is 0.461. The minimum absolute atomic E-state index is 0.177. The molecule has 15 heavy (non-hydrogen) atoms. The molecular formula is C11H28O2Si2. The maximum Gasteiger partial charge on any atom is 0.134 e. The fourth-order valence-electron chi connectivity index (χ4n) is 1.26. The van der Waals surface area contributed by atoms with Crippen molar-refractivity contribution in [1.82, 2.24) is 0 Å². The van der Waals surface area contributed by atoms with Crippen LogP contribution in [0.15, 0.2) is 0 Å². The first-order valence-corrected chi connectivity index (χ1v) is 11.7. The Balaban J connectivity index is 3.78. The molecule has 2 nitrogen and oxygen atoms in total. The molecule has 0 aromatic heterocycles. The second-order valence-electron chi connectivity index (χ2n) is 5.27. The van der Waals surface area contributed by atoms with E-state index in [-0.39, 0.29) is 15.4 Å². The average Bonchev–Trinajstić information content (AvgIpc) is 2.15. The highest BCUT2D eigenvalue weighted by Crippen LogP contribution is 2.09. The zero-order valence-electron chi connectivity index (χ0n) is 11.1. The molecule has 92 valence electrons. The summed E-state index contributed by atoms with van der Waals surface area (Å²) >= 11 is 0. The molecule has 0 atom stereocenters. The molecule has 0 amide bonds. The summed E-state index contributed by atoms with van der Waals surface area (Å²) in [5, 5.41) is 0. The lowest BCUT2D eigenvalue weighted by Crippen LogP contribution is -2.32. The maximum absolute atomic E-state index is 5.75. The lowest BCUT2D eigenvalue weighted by Gasteiger charge is -2.22. The molecule has 0 aliphatic carbocycles. The largest absolute Gasteiger partial charge is 0.357 e. The van der Waals surface area contributed by atoms with Crippen molar-refractivity contribution < 1.29 is 9.47 Å². The summed E-state index contributed by atoms with van der Waals surface area (Å²) < 4.78 is 11.5. The summed E-state index contributed by atoms with van der Waals surface area (Å²) in [6.07, 6.45) is 2.18. The van der Waals surface area contributed by atoms with Crippen molar-refractivity contribution in [3.63, 3.8) is 0 Å². The molecule has 0 saturated carbocycles. The minimum Gasteiger partial charge on any atom is -0.357 e. The smallest absolute Gasteiger partial charge is 0.134 e. The zero-order valence-corrected chi connectivity index (χ0v) is 13.6. The number of ether oxygens (including phenoxy) is 2. The van der Waals surface area contributed by atoms with Gasteiger partial charge in [0.1, 0.15) is 5.91 Å². The highest BCUT2D eigenvalue weighted by molar-refractivity contribution is 6.83. The molecule has 0 unspecified atom stereocenters. The van der Waals surface area contributed by atoms with Gasteiger partial charge in [-0.1, -0.05) is 39.2 Å². The van der Waals surface area contributed by atoms with E-state index in [0.29, 0.717) is 0 Å². The van der Waals surface area contributed by atoms with Crippen molar-refractivity contribution in [1.29, 1.82) is 0 Å². The van der Waals surface area contributed by atoms with Gasteiger partial charge in [-0.05, 0) is 12.8 Å². The third-order valence-corrected chi connectivity index (χ3v) is 10.2. The monoisotopic (exact) mass is 248 g/mol. The van der Waals surface area contributed by atoms with E-state index in [1.54, 1.807) is 0 Å². The zero-order chi connectivity index (χ0) is 11.7. The van der Waals surface area contributed by atoms with Crippen molar-refractivity contribution in [2.75, 3.05) is 13.2 Å². The van der Waals surface area contributed by atoms with Gasteiger partial charge in [0.2, 0.25) is 0 Å². The highest BCUT2D eigenvalue weighted by Gasteiger charge is 2.17. The Morgan fingerprint density at radius 1 is 1.00 bits per heavy atom. The second kappa shape index (κ2) is 8.50. The third kappa shape index (κ3) is 10.6. The van der Waals surface area contributed by atoms with Gasteiger partial charge in [-0.15, -0.1) is 0 Å². The molecule has 0 rings (SSSR count). The molecular weight excluding hydrogens is 220 g/mol. The van der Waals surface area contributed by atoms with Crippen LogP contribution in [-0.4, -0.2) is 36.7 Å². The van der Waals surface area contributed by atoms with E-state index in [9.17, 15) is 0 Å². The molecule has 0 aliphatic heterocycles. The first-order chi connectivity index (χ1) is 6.99. The van der Waals surface area contributed by atoms with Gasteiger partial charge in [0.25, 0.3) is 0 Å². The SMILES string of the molecule is CCCOC(OCCC)[SiH2]C[Si](C)(C)C. The maximum atomic E-state index is 5.75. The van der Waals surface area contributed by atoms with Gasteiger partial charge in [0.15, 0.2) is 0 Å². The van der Waals surface area contributed by atoms with E-state index in [4.69, 9.17) is 9.47 Å². The first kappa shape index (κ1) is 15.4. The minimum atomic E-state index is -0.897. The normalized spacial score (nSPS) is 13.2. The van der Waals surface area contributed by atoms with Crippen LogP contribution in [0.3, 0.4) is 0 Å². The van der Waals surface area contributed by atoms with Gasteiger partial charge >= 0.3 is 0 Å². The molecule has 0 N–H and O–H groups in total. The molecule has 0 heterocycles. The Morgan fingerprint density at radius 3 is 1.80 bits per heavy atom. The molecule has 0 aliphatic rings. The van der Waals surface area contributed by atoms with E-state index >= 15 is 0 Å². The second-order valence-corrected chi connectivity index (χ2v) is 13.6. The van der Waals surface area contributed by atoms with Crippen molar-refractivity contribution in [2.45, 2.75) is 57.9 Å². The Bertz CT molecular complexity index is 138. The van der Waals surface area contributed by atoms with Crippen molar-refractivity contribution in [3.05, 3.63) is 0 Å². The summed E-state index contributed by atoms with van der Waals surface area (Å²) in [5.41, 5.74) is 1.42. The van der Waals surface area contributed by atoms with Crippen molar-refractivity contribution in [2.24, 2.45) is 0 Å². The molecule has 0 saturated heterocycles. The van der Waals surface area contributed by atoms with Crippen molar-refractivity contribution in [3.8, 4) is 0 Å². The fraction of sp³-hybridized carbons (Fsp3) is 1.00. The molecule has 0 fully saturated rings. The van der Waals surface area contributed by atoms with Crippen LogP contribution in [0.25, 0.3) is 0 Å². The van der Waals surface area contributed by atoms with E-state index in [1.165, 1.54) is 5.67 Å². The molecule has 0 radical (unpaired) electrons. The van der Waals surface area contributed by atoms with Crippen molar-refractivity contribution >= 4 is 17.6 Å². The summed E-state index contributed by atoms with van der Waals surface area (Å²) in [6.45, 7) is 13.3. The predicted molar refractivity (Wildman–Crippen MR) is 73.0 cm³/mol. The molecule has 4 heteroatoms. The van der Waals surface area contributed by atoms with Crippen LogP contribution in [0.4, 0.5) is 0 Å². The van der Waals surface area contributed by atoms with Crippen LogP contribution < -0.4 is 0 Å². The van der Waals surface area contributed by atoms with Gasteiger partial charge in [-0.3, -0.25) is 0 Å². The van der Waals surface area contributed by atoms with Crippen LogP contribution in [0.5, 0.6) is 0 Å². The van der Waals surface area contributed by atoms with Gasteiger partial charge in [0, 0.05) is 21.3 Å². The van der Waals surface area contributed by atoms with E-state index in [1.807, 2.05) is 0 Å². The predicted octanol–water partition coefficient (Wildman–Crippen LogP) is 2.59. The third-order valence-electron chi connectivity index (χ3n) is 2.15. The Kier molecular flexibility index (Phi) is 8.70. The Labute approximate surface area is 98.6 Å². The number of rotatable bonds is 9. The summed E-state index contributed by atoms with van der Waals surface area (Å²) in [7, 11) is -1.10. The van der Waals surface area contributed by atoms with E-state index in [2.05, 4.69) is 33.5 Å². The molecule has 0 spiro atoms. The Hall–Kier alpha value is 0.354. The van der Waals surface area contributed by atoms with Gasteiger partial charge in [-0.25, -0.2) is 0 Å². The topological polar surface area (TPSA) is 18.5 Å².